The number of esters is 4. The fourth-order valence-corrected chi connectivity index (χ4v) is 4.67. The molecule has 0 radical (unpaired) electrons. The van der Waals surface area contributed by atoms with Gasteiger partial charge in [0.15, 0.2) is 24.4 Å². The van der Waals surface area contributed by atoms with Crippen LogP contribution in [0.2, 0.25) is 0 Å². The minimum absolute atomic E-state index is 0.179. The quantitative estimate of drug-likeness (QED) is 0.183. The van der Waals surface area contributed by atoms with Crippen molar-refractivity contribution in [3.8, 4) is 6.07 Å². The summed E-state index contributed by atoms with van der Waals surface area (Å²) in [6.07, 6.45) is -7.08. The molecule has 1 aliphatic heterocycles. The maximum Gasteiger partial charge on any atom is 0.338 e. The van der Waals surface area contributed by atoms with Gasteiger partial charge in [0, 0.05) is 0 Å². The average molecular weight is 606 g/mol. The smallest absolute Gasteiger partial charge is 0.338 e. The van der Waals surface area contributed by atoms with E-state index < -0.39 is 61.0 Å². The Morgan fingerprint density at radius 1 is 0.600 bits per heavy atom. The van der Waals surface area contributed by atoms with Gasteiger partial charge in [0.1, 0.15) is 12.7 Å². The maximum absolute atomic E-state index is 13.3. The largest absolute Gasteiger partial charge is 0.458 e. The van der Waals surface area contributed by atoms with E-state index in [0.717, 1.165) is 0 Å². The Morgan fingerprint density at radius 2 is 1.00 bits per heavy atom. The lowest BCUT2D eigenvalue weighted by molar-refractivity contribution is -0.0917. The third-order valence-corrected chi connectivity index (χ3v) is 6.90. The van der Waals surface area contributed by atoms with Crippen molar-refractivity contribution in [2.45, 2.75) is 30.5 Å². The van der Waals surface area contributed by atoms with E-state index in [1.54, 1.807) is 84.9 Å². The van der Waals surface area contributed by atoms with Crippen molar-refractivity contribution in [2.24, 2.45) is 0 Å². The Labute approximate surface area is 258 Å². The zero-order chi connectivity index (χ0) is 31.6. The molecule has 0 spiro atoms. The molecule has 0 aliphatic carbocycles. The number of benzene rings is 4. The van der Waals surface area contributed by atoms with Crippen LogP contribution in [-0.2, 0) is 23.7 Å². The van der Waals surface area contributed by atoms with E-state index in [0.29, 0.717) is 0 Å². The van der Waals surface area contributed by atoms with Gasteiger partial charge in [-0.1, -0.05) is 72.8 Å². The second-order valence-electron chi connectivity index (χ2n) is 9.90. The van der Waals surface area contributed by atoms with Crippen LogP contribution in [0, 0.1) is 11.3 Å². The first-order valence-electron chi connectivity index (χ1n) is 14.0. The maximum atomic E-state index is 13.3. The molecule has 10 heteroatoms. The summed E-state index contributed by atoms with van der Waals surface area (Å²) in [6.45, 7) is -0.534. The van der Waals surface area contributed by atoms with Gasteiger partial charge in [0.2, 0.25) is 0 Å². The number of nitriles is 1. The summed E-state index contributed by atoms with van der Waals surface area (Å²) in [5.74, 6) is -3.09. The number of rotatable bonds is 10. The van der Waals surface area contributed by atoms with Crippen molar-refractivity contribution in [2.75, 3.05) is 6.61 Å². The van der Waals surface area contributed by atoms with Gasteiger partial charge in [-0.3, -0.25) is 0 Å². The molecule has 0 aromatic heterocycles. The third kappa shape index (κ3) is 7.60. The second kappa shape index (κ2) is 14.6. The standard InChI is InChI=1S/C35H27NO9/c36-21-27-29(44-34(39)25-17-9-3-10-18-25)31(45-35(40)26-19-11-4-12-20-26)30(42-27)28(43-33(38)24-15-7-2-8-16-24)22-41-32(37)23-13-5-1-6-14-23/h1-20,27-31H,22H2/t27-,28+,29-,30-,31+/m0/s1. The van der Waals surface area contributed by atoms with Gasteiger partial charge in [0.05, 0.1) is 28.3 Å². The summed E-state index contributed by atoms with van der Waals surface area (Å²) >= 11 is 0. The molecule has 4 aromatic carbocycles. The number of hydrogen-bond acceptors (Lipinski definition) is 10. The molecule has 0 unspecified atom stereocenters. The van der Waals surface area contributed by atoms with Crippen molar-refractivity contribution >= 4 is 23.9 Å². The first-order chi connectivity index (χ1) is 21.9. The summed E-state index contributed by atoms with van der Waals surface area (Å²) in [6, 6.07) is 34.2. The van der Waals surface area contributed by atoms with Crippen LogP contribution >= 0.6 is 0 Å². The van der Waals surface area contributed by atoms with Crippen LogP contribution in [0.4, 0.5) is 0 Å². The van der Waals surface area contributed by atoms with Crippen LogP contribution in [0.1, 0.15) is 41.4 Å². The summed E-state index contributed by atoms with van der Waals surface area (Å²) in [5.41, 5.74) is 0.805. The van der Waals surface area contributed by atoms with Gasteiger partial charge < -0.3 is 23.7 Å². The molecule has 4 aromatic rings. The number of hydrogen-bond donors (Lipinski definition) is 0. The average Bonchev–Trinajstić information content (AvgIpc) is 3.43. The van der Waals surface area contributed by atoms with Crippen molar-refractivity contribution in [3.05, 3.63) is 144 Å². The van der Waals surface area contributed by atoms with Crippen molar-refractivity contribution in [3.63, 3.8) is 0 Å². The predicted octanol–water partition coefficient (Wildman–Crippen LogP) is 4.81. The molecule has 1 aliphatic rings. The SMILES string of the molecule is N#C[C@@H]1O[C@@H]([C@@H](COC(=O)c2ccccc2)OC(=O)c2ccccc2)[C@H](OC(=O)c2ccccc2)[C@H]1OC(=O)c1ccccc1. The van der Waals surface area contributed by atoms with Crippen LogP contribution in [0.25, 0.3) is 0 Å². The van der Waals surface area contributed by atoms with Crippen molar-refractivity contribution in [1.29, 1.82) is 5.26 Å². The van der Waals surface area contributed by atoms with Gasteiger partial charge >= 0.3 is 23.9 Å². The molecule has 1 saturated heterocycles. The molecule has 10 nitrogen and oxygen atoms in total. The van der Waals surface area contributed by atoms with E-state index in [-0.39, 0.29) is 22.3 Å². The fraction of sp³-hybridized carbons (Fsp3) is 0.171. The van der Waals surface area contributed by atoms with Crippen LogP contribution < -0.4 is 0 Å². The molecule has 45 heavy (non-hydrogen) atoms. The highest BCUT2D eigenvalue weighted by Gasteiger charge is 2.54. The van der Waals surface area contributed by atoms with Crippen molar-refractivity contribution in [1.82, 2.24) is 0 Å². The Bertz CT molecular complexity index is 1660. The molecule has 5 atom stereocenters. The summed E-state index contributed by atoms with van der Waals surface area (Å²) in [4.78, 5) is 52.4. The van der Waals surface area contributed by atoms with Gasteiger partial charge in [-0.25, -0.2) is 19.2 Å². The first kappa shape index (κ1) is 30.7. The highest BCUT2D eigenvalue weighted by atomic mass is 16.7. The first-order valence-corrected chi connectivity index (χ1v) is 14.0. The summed E-state index contributed by atoms with van der Waals surface area (Å²) in [5, 5.41) is 10.0. The zero-order valence-electron chi connectivity index (χ0n) is 23.8. The molecular formula is C35H27NO9. The Morgan fingerprint density at radius 3 is 1.44 bits per heavy atom. The molecule has 1 heterocycles. The van der Waals surface area contributed by atoms with E-state index in [1.165, 1.54) is 36.4 Å². The topological polar surface area (TPSA) is 138 Å². The van der Waals surface area contributed by atoms with Crippen LogP contribution in [0.5, 0.6) is 0 Å². The summed E-state index contributed by atoms with van der Waals surface area (Å²) < 4.78 is 28.8. The monoisotopic (exact) mass is 605 g/mol. The number of carbonyl (C=O) groups is 4. The van der Waals surface area contributed by atoms with Gasteiger partial charge in [-0.05, 0) is 48.5 Å². The van der Waals surface area contributed by atoms with Crippen molar-refractivity contribution < 1.29 is 42.9 Å². The Balaban J connectivity index is 1.47. The lowest BCUT2D eigenvalue weighted by Crippen LogP contribution is -2.47. The van der Waals surface area contributed by atoms with Gasteiger partial charge in [-0.15, -0.1) is 0 Å². The molecule has 1 fully saturated rings. The molecule has 0 saturated carbocycles. The third-order valence-electron chi connectivity index (χ3n) is 6.90. The minimum atomic E-state index is -1.45. The molecular weight excluding hydrogens is 578 g/mol. The lowest BCUT2D eigenvalue weighted by atomic mass is 10.0. The molecule has 5 rings (SSSR count). The molecule has 0 amide bonds. The highest BCUT2D eigenvalue weighted by Crippen LogP contribution is 2.32. The number of carbonyl (C=O) groups excluding carboxylic acids is 4. The van der Waals surface area contributed by atoms with E-state index in [2.05, 4.69) is 0 Å². The fourth-order valence-electron chi connectivity index (χ4n) is 4.67. The second-order valence-corrected chi connectivity index (χ2v) is 9.90. The van der Waals surface area contributed by atoms with Gasteiger partial charge in [0.25, 0.3) is 0 Å². The van der Waals surface area contributed by atoms with Crippen LogP contribution in [0.15, 0.2) is 121 Å². The summed E-state index contributed by atoms with van der Waals surface area (Å²) in [7, 11) is 0. The molecule has 226 valence electrons. The van der Waals surface area contributed by atoms with Crippen LogP contribution in [0.3, 0.4) is 0 Å². The minimum Gasteiger partial charge on any atom is -0.458 e. The number of nitrogens with zero attached hydrogens (tertiary/aromatic N) is 1. The highest BCUT2D eigenvalue weighted by molar-refractivity contribution is 5.91. The Kier molecular flexibility index (Phi) is 9.94. The van der Waals surface area contributed by atoms with Gasteiger partial charge in [-0.2, -0.15) is 5.26 Å². The van der Waals surface area contributed by atoms with Crippen LogP contribution in [-0.4, -0.2) is 61.0 Å². The predicted molar refractivity (Wildman–Crippen MR) is 158 cm³/mol. The molecule has 0 N–H and O–H groups in total. The normalized spacial score (nSPS) is 19.4. The van der Waals surface area contributed by atoms with E-state index >= 15 is 0 Å². The van der Waals surface area contributed by atoms with E-state index in [1.807, 2.05) is 6.07 Å². The molecule has 0 bridgehead atoms. The Hall–Kier alpha value is -5.79. The number of ether oxygens (including phenoxy) is 5. The zero-order valence-corrected chi connectivity index (χ0v) is 23.8. The lowest BCUT2D eigenvalue weighted by Gasteiger charge is -2.28. The van der Waals surface area contributed by atoms with E-state index in [9.17, 15) is 24.4 Å². The van der Waals surface area contributed by atoms with E-state index in [4.69, 9.17) is 23.7 Å².